The maximum absolute atomic E-state index is 12.8. The molecule has 0 bridgehead atoms. The Balaban J connectivity index is 1.40. The quantitative estimate of drug-likeness (QED) is 0.648. The Morgan fingerprint density at radius 1 is 1.03 bits per heavy atom. The Labute approximate surface area is 180 Å². The van der Waals surface area contributed by atoms with Gasteiger partial charge in [0, 0.05) is 25.8 Å². The maximum Gasteiger partial charge on any atom is 0.260 e. The first-order valence-electron chi connectivity index (χ1n) is 10.4. The minimum atomic E-state index is -0.505. The first-order chi connectivity index (χ1) is 15.0. The van der Waals surface area contributed by atoms with Gasteiger partial charge in [-0.2, -0.15) is 0 Å². The first-order valence-corrected chi connectivity index (χ1v) is 10.4. The summed E-state index contributed by atoms with van der Waals surface area (Å²) >= 11 is 0. The van der Waals surface area contributed by atoms with Crippen LogP contribution in [0.3, 0.4) is 0 Å². The molecule has 1 aliphatic carbocycles. The molecule has 0 aliphatic heterocycles. The summed E-state index contributed by atoms with van der Waals surface area (Å²) in [4.78, 5) is 41.7. The molecule has 1 aliphatic rings. The minimum Gasteiger partial charge on any atom is -0.349 e. The highest BCUT2D eigenvalue weighted by Crippen LogP contribution is 2.36. The molecule has 2 amide bonds. The number of aromatic nitrogens is 1. The van der Waals surface area contributed by atoms with Gasteiger partial charge in [-0.3, -0.25) is 14.4 Å². The van der Waals surface area contributed by atoms with Gasteiger partial charge in [-0.25, -0.2) is 0 Å². The third kappa shape index (κ3) is 4.74. The van der Waals surface area contributed by atoms with Gasteiger partial charge in [0.2, 0.25) is 0 Å². The van der Waals surface area contributed by atoms with E-state index < -0.39 is 11.5 Å². The zero-order chi connectivity index (χ0) is 21.8. The van der Waals surface area contributed by atoms with Gasteiger partial charge in [-0.1, -0.05) is 60.7 Å². The lowest BCUT2D eigenvalue weighted by molar-refractivity contribution is 0.0783. The van der Waals surface area contributed by atoms with Crippen molar-refractivity contribution in [2.75, 3.05) is 7.05 Å². The van der Waals surface area contributed by atoms with Crippen LogP contribution in [-0.2, 0) is 6.54 Å². The number of hydrogen-bond donors (Lipinski definition) is 2. The van der Waals surface area contributed by atoms with E-state index in [9.17, 15) is 14.4 Å². The van der Waals surface area contributed by atoms with E-state index in [0.29, 0.717) is 12.5 Å². The van der Waals surface area contributed by atoms with E-state index in [1.165, 1.54) is 22.7 Å². The summed E-state index contributed by atoms with van der Waals surface area (Å²) in [5, 5.41) is 3.00. The third-order valence-corrected chi connectivity index (χ3v) is 5.75. The lowest BCUT2D eigenvalue weighted by Crippen LogP contribution is -2.43. The number of pyridine rings is 1. The van der Waals surface area contributed by atoms with Crippen LogP contribution in [0.15, 0.2) is 77.7 Å². The Morgan fingerprint density at radius 3 is 2.35 bits per heavy atom. The smallest absolute Gasteiger partial charge is 0.260 e. The Kier molecular flexibility index (Phi) is 5.98. The van der Waals surface area contributed by atoms with Crippen molar-refractivity contribution in [3.05, 3.63) is 106 Å². The number of amides is 2. The number of nitrogens with one attached hydrogen (secondary N) is 2. The van der Waals surface area contributed by atoms with E-state index in [-0.39, 0.29) is 23.1 Å². The second-order valence-electron chi connectivity index (χ2n) is 8.03. The number of carbonyl (C=O) groups is 2. The van der Waals surface area contributed by atoms with Crippen LogP contribution < -0.4 is 10.9 Å². The lowest BCUT2D eigenvalue weighted by atomic mass is 9.76. The van der Waals surface area contributed by atoms with Crippen LogP contribution in [0.25, 0.3) is 0 Å². The monoisotopic (exact) mass is 415 g/mol. The topological polar surface area (TPSA) is 82.3 Å². The summed E-state index contributed by atoms with van der Waals surface area (Å²) in [5.41, 5.74) is 1.98. The highest BCUT2D eigenvalue weighted by molar-refractivity contribution is 5.99. The zero-order valence-electron chi connectivity index (χ0n) is 17.4. The molecule has 158 valence electrons. The second kappa shape index (κ2) is 9.00. The lowest BCUT2D eigenvalue weighted by Gasteiger charge is -2.36. The summed E-state index contributed by atoms with van der Waals surface area (Å²) < 4.78 is 0. The largest absolute Gasteiger partial charge is 0.349 e. The van der Waals surface area contributed by atoms with E-state index in [4.69, 9.17) is 0 Å². The molecule has 6 heteroatoms. The van der Waals surface area contributed by atoms with Crippen molar-refractivity contribution in [2.45, 2.75) is 31.3 Å². The Hall–Kier alpha value is -3.67. The molecule has 6 nitrogen and oxygen atoms in total. The van der Waals surface area contributed by atoms with E-state index in [1.54, 1.807) is 7.05 Å². The van der Waals surface area contributed by atoms with Crippen molar-refractivity contribution in [3.63, 3.8) is 0 Å². The summed E-state index contributed by atoms with van der Waals surface area (Å²) in [6, 6.07) is 21.2. The molecule has 1 saturated carbocycles. The van der Waals surface area contributed by atoms with Gasteiger partial charge in [0.15, 0.2) is 0 Å². The van der Waals surface area contributed by atoms with E-state index in [2.05, 4.69) is 22.4 Å². The molecular weight excluding hydrogens is 390 g/mol. The van der Waals surface area contributed by atoms with Gasteiger partial charge in [0.25, 0.3) is 17.4 Å². The number of benzene rings is 2. The number of aromatic amines is 1. The highest BCUT2D eigenvalue weighted by atomic mass is 16.2. The summed E-state index contributed by atoms with van der Waals surface area (Å²) in [6.45, 7) is 0.373. The summed E-state index contributed by atoms with van der Waals surface area (Å²) in [7, 11) is 1.64. The van der Waals surface area contributed by atoms with Crippen molar-refractivity contribution in [1.82, 2.24) is 15.2 Å². The van der Waals surface area contributed by atoms with Crippen molar-refractivity contribution in [1.29, 1.82) is 0 Å². The molecule has 0 atom stereocenters. The van der Waals surface area contributed by atoms with E-state index >= 15 is 0 Å². The zero-order valence-corrected chi connectivity index (χ0v) is 17.4. The fraction of sp³-hybridized carbons (Fsp3) is 0.240. The van der Waals surface area contributed by atoms with Crippen molar-refractivity contribution >= 4 is 11.8 Å². The molecule has 1 aromatic heterocycles. The fourth-order valence-corrected chi connectivity index (χ4v) is 3.91. The van der Waals surface area contributed by atoms with E-state index in [1.807, 2.05) is 48.5 Å². The highest BCUT2D eigenvalue weighted by Gasteiger charge is 2.31. The van der Waals surface area contributed by atoms with Crippen LogP contribution in [0.4, 0.5) is 0 Å². The van der Waals surface area contributed by atoms with Crippen LogP contribution in [0.5, 0.6) is 0 Å². The summed E-state index contributed by atoms with van der Waals surface area (Å²) in [5.74, 6) is -0.258. The molecule has 1 fully saturated rings. The maximum atomic E-state index is 12.8. The van der Waals surface area contributed by atoms with Gasteiger partial charge in [-0.05, 0) is 36.0 Å². The van der Waals surface area contributed by atoms with Crippen molar-refractivity contribution in [3.8, 4) is 0 Å². The SMILES string of the molecule is CN(Cc1ccccc1)C(=O)c1cc(C(=O)NC2CC(c3ccccc3)C2)c[nH]c1=O. The molecule has 2 aromatic carbocycles. The number of carbonyl (C=O) groups excluding carboxylic acids is 2. The van der Waals surface area contributed by atoms with Gasteiger partial charge in [0.1, 0.15) is 5.56 Å². The van der Waals surface area contributed by atoms with Gasteiger partial charge in [0.05, 0.1) is 5.56 Å². The molecule has 0 saturated heterocycles. The Bertz CT molecular complexity index is 1120. The molecule has 0 radical (unpaired) electrons. The molecule has 0 unspecified atom stereocenters. The van der Waals surface area contributed by atoms with Gasteiger partial charge >= 0.3 is 0 Å². The molecule has 1 heterocycles. The molecule has 4 rings (SSSR count). The first kappa shape index (κ1) is 20.6. The summed E-state index contributed by atoms with van der Waals surface area (Å²) in [6.07, 6.45) is 3.12. The molecule has 2 N–H and O–H groups in total. The molecular formula is C25H25N3O3. The average Bonchev–Trinajstić information content (AvgIpc) is 2.77. The van der Waals surface area contributed by atoms with Crippen LogP contribution in [0, 0.1) is 0 Å². The van der Waals surface area contributed by atoms with E-state index in [0.717, 1.165) is 18.4 Å². The van der Waals surface area contributed by atoms with Crippen LogP contribution >= 0.6 is 0 Å². The third-order valence-electron chi connectivity index (χ3n) is 5.75. The Morgan fingerprint density at radius 2 is 1.68 bits per heavy atom. The molecule has 0 spiro atoms. The fourth-order valence-electron chi connectivity index (χ4n) is 3.91. The predicted octanol–water partition coefficient (Wildman–Crippen LogP) is 3.32. The standard InChI is InChI=1S/C25H25N3O3/c1-28(16-17-8-4-2-5-9-17)25(31)22-14-20(15-26-24(22)30)23(29)27-21-12-19(13-21)18-10-6-3-7-11-18/h2-11,14-15,19,21H,12-13,16H2,1H3,(H,26,30)(H,27,29). The van der Waals surface area contributed by atoms with Crippen molar-refractivity contribution < 1.29 is 9.59 Å². The van der Waals surface area contributed by atoms with Crippen LogP contribution in [0.2, 0.25) is 0 Å². The average molecular weight is 415 g/mol. The second-order valence-corrected chi connectivity index (χ2v) is 8.03. The number of H-pyrrole nitrogens is 1. The van der Waals surface area contributed by atoms with Gasteiger partial charge in [-0.15, -0.1) is 0 Å². The van der Waals surface area contributed by atoms with Gasteiger partial charge < -0.3 is 15.2 Å². The normalized spacial score (nSPS) is 17.5. The predicted molar refractivity (Wildman–Crippen MR) is 119 cm³/mol. The number of hydrogen-bond acceptors (Lipinski definition) is 3. The molecule has 3 aromatic rings. The molecule has 31 heavy (non-hydrogen) atoms. The van der Waals surface area contributed by atoms with Crippen LogP contribution in [-0.4, -0.2) is 34.8 Å². The number of nitrogens with zero attached hydrogens (tertiary/aromatic N) is 1. The number of rotatable bonds is 6. The minimum absolute atomic E-state index is 0.0400. The van der Waals surface area contributed by atoms with Crippen molar-refractivity contribution in [2.24, 2.45) is 0 Å². The van der Waals surface area contributed by atoms with Crippen LogP contribution in [0.1, 0.15) is 50.6 Å².